The minimum absolute atomic E-state index is 0.546. The van der Waals surface area contributed by atoms with Gasteiger partial charge in [0, 0.05) is 12.2 Å². The normalized spacial score (nSPS) is 10.2. The lowest BCUT2D eigenvalue weighted by molar-refractivity contribution is 0.619. The van der Waals surface area contributed by atoms with Gasteiger partial charge < -0.3 is 10.6 Å². The molecule has 0 radical (unpaired) electrons. The Morgan fingerprint density at radius 1 is 1.36 bits per heavy atom. The summed E-state index contributed by atoms with van der Waals surface area (Å²) in [6, 6.07) is 0. The molecule has 0 fully saturated rings. The van der Waals surface area contributed by atoms with E-state index in [1.807, 2.05) is 7.05 Å². The number of allylic oxidation sites excluding steroid dienone is 1. The summed E-state index contributed by atoms with van der Waals surface area (Å²) in [4.78, 5) is 0. The molecule has 0 aromatic heterocycles. The van der Waals surface area contributed by atoms with E-state index in [4.69, 9.17) is 0 Å². The summed E-state index contributed by atoms with van der Waals surface area (Å²) in [6.45, 7) is 10.3. The van der Waals surface area contributed by atoms with Crippen molar-refractivity contribution in [3.8, 4) is 0 Å². The van der Waals surface area contributed by atoms with Crippen molar-refractivity contribution in [2.24, 2.45) is 5.92 Å². The molecule has 0 rings (SSSR count). The zero-order valence-electron chi connectivity index (χ0n) is 7.91. The average molecular weight is 156 g/mol. The number of hydrogen-bond acceptors (Lipinski definition) is 2. The van der Waals surface area contributed by atoms with Crippen LogP contribution in [-0.4, -0.2) is 20.1 Å². The van der Waals surface area contributed by atoms with Crippen molar-refractivity contribution in [3.05, 3.63) is 12.3 Å². The predicted octanol–water partition coefficient (Wildman–Crippen LogP) is 1.36. The van der Waals surface area contributed by atoms with Crippen LogP contribution in [0.15, 0.2) is 12.3 Å². The van der Waals surface area contributed by atoms with Crippen molar-refractivity contribution < 1.29 is 0 Å². The van der Waals surface area contributed by atoms with Crippen LogP contribution in [0, 0.1) is 5.92 Å². The lowest BCUT2D eigenvalue weighted by atomic mass is 10.1. The Labute approximate surface area is 70.1 Å². The van der Waals surface area contributed by atoms with Crippen LogP contribution in [0.5, 0.6) is 0 Å². The third-order valence-electron chi connectivity index (χ3n) is 1.65. The van der Waals surface area contributed by atoms with Gasteiger partial charge in [0.05, 0.1) is 0 Å². The molecule has 2 nitrogen and oxygen atoms in total. The van der Waals surface area contributed by atoms with Gasteiger partial charge >= 0.3 is 0 Å². The van der Waals surface area contributed by atoms with Gasteiger partial charge in [-0.3, -0.25) is 0 Å². The van der Waals surface area contributed by atoms with E-state index in [9.17, 15) is 0 Å². The fraction of sp³-hybridized carbons (Fsp3) is 0.778. The first-order valence-electron chi connectivity index (χ1n) is 4.25. The maximum atomic E-state index is 3.92. The van der Waals surface area contributed by atoms with Crippen LogP contribution in [0.25, 0.3) is 0 Å². The summed E-state index contributed by atoms with van der Waals surface area (Å²) in [5.74, 6) is 0.546. The molecule has 0 amide bonds. The fourth-order valence-corrected chi connectivity index (χ4v) is 0.718. The van der Waals surface area contributed by atoms with Gasteiger partial charge in [0.15, 0.2) is 0 Å². The Bertz CT molecular complexity index is 108. The molecule has 0 aliphatic rings. The van der Waals surface area contributed by atoms with Crippen molar-refractivity contribution in [1.82, 2.24) is 10.6 Å². The lowest BCUT2D eigenvalue weighted by Gasteiger charge is -2.11. The van der Waals surface area contributed by atoms with E-state index in [0.29, 0.717) is 5.92 Å². The topological polar surface area (TPSA) is 24.1 Å². The van der Waals surface area contributed by atoms with E-state index in [1.165, 1.54) is 0 Å². The highest BCUT2D eigenvalue weighted by Gasteiger charge is 1.96. The molecule has 0 atom stereocenters. The van der Waals surface area contributed by atoms with Crippen LogP contribution >= 0.6 is 0 Å². The van der Waals surface area contributed by atoms with Crippen LogP contribution in [0.1, 0.15) is 20.3 Å². The van der Waals surface area contributed by atoms with Gasteiger partial charge in [-0.15, -0.1) is 0 Å². The molecule has 0 aliphatic carbocycles. The lowest BCUT2D eigenvalue weighted by Crippen LogP contribution is -2.21. The molecule has 0 aromatic rings. The number of hydrogen-bond donors (Lipinski definition) is 2. The molecule has 66 valence electrons. The zero-order chi connectivity index (χ0) is 8.69. The predicted molar refractivity (Wildman–Crippen MR) is 50.5 cm³/mol. The summed E-state index contributed by atoms with van der Waals surface area (Å²) in [6.07, 6.45) is 1.16. The molecule has 0 saturated heterocycles. The largest absolute Gasteiger partial charge is 0.389 e. The summed E-state index contributed by atoms with van der Waals surface area (Å²) >= 11 is 0. The summed E-state index contributed by atoms with van der Waals surface area (Å²) < 4.78 is 0. The summed E-state index contributed by atoms with van der Waals surface area (Å²) in [5, 5.41) is 6.38. The quantitative estimate of drug-likeness (QED) is 0.567. The second-order valence-corrected chi connectivity index (χ2v) is 3.06. The zero-order valence-corrected chi connectivity index (χ0v) is 7.91. The Morgan fingerprint density at radius 2 is 2.00 bits per heavy atom. The van der Waals surface area contributed by atoms with Gasteiger partial charge in [-0.25, -0.2) is 0 Å². The van der Waals surface area contributed by atoms with Gasteiger partial charge in [-0.05, 0) is 25.9 Å². The van der Waals surface area contributed by atoms with E-state index in [-0.39, 0.29) is 0 Å². The molecule has 2 N–H and O–H groups in total. The number of rotatable bonds is 6. The third-order valence-corrected chi connectivity index (χ3v) is 1.65. The number of nitrogens with one attached hydrogen (secondary N) is 2. The monoisotopic (exact) mass is 156 g/mol. The molecule has 0 aromatic carbocycles. The van der Waals surface area contributed by atoms with Gasteiger partial charge in [0.25, 0.3) is 0 Å². The van der Waals surface area contributed by atoms with Gasteiger partial charge in [-0.1, -0.05) is 20.4 Å². The van der Waals surface area contributed by atoms with Crippen LogP contribution in [0.2, 0.25) is 0 Å². The Hall–Kier alpha value is -0.500. The molecule has 2 heteroatoms. The highest BCUT2D eigenvalue weighted by molar-refractivity contribution is 4.93. The summed E-state index contributed by atoms with van der Waals surface area (Å²) in [5.41, 5.74) is 1.14. The first kappa shape index (κ1) is 10.5. The molecule has 0 heterocycles. The van der Waals surface area contributed by atoms with Crippen molar-refractivity contribution in [2.45, 2.75) is 20.3 Å². The van der Waals surface area contributed by atoms with Gasteiger partial charge in [-0.2, -0.15) is 0 Å². The van der Waals surface area contributed by atoms with Crippen molar-refractivity contribution in [2.75, 3.05) is 20.1 Å². The van der Waals surface area contributed by atoms with Crippen molar-refractivity contribution in [1.29, 1.82) is 0 Å². The minimum Gasteiger partial charge on any atom is -0.389 e. The SMILES string of the molecule is C=C(NCCCNC)C(C)C. The standard InChI is InChI=1S/C9H20N2/c1-8(2)9(3)11-7-5-6-10-4/h8,10-11H,3,5-7H2,1-2,4H3. The van der Waals surface area contributed by atoms with E-state index in [0.717, 1.165) is 25.2 Å². The van der Waals surface area contributed by atoms with Crippen molar-refractivity contribution in [3.63, 3.8) is 0 Å². The van der Waals surface area contributed by atoms with Crippen LogP contribution in [0.4, 0.5) is 0 Å². The van der Waals surface area contributed by atoms with Gasteiger partial charge in [0.2, 0.25) is 0 Å². The van der Waals surface area contributed by atoms with Gasteiger partial charge in [0.1, 0.15) is 0 Å². The second-order valence-electron chi connectivity index (χ2n) is 3.06. The van der Waals surface area contributed by atoms with E-state index in [2.05, 4.69) is 31.1 Å². The first-order chi connectivity index (χ1) is 5.18. The van der Waals surface area contributed by atoms with Crippen LogP contribution < -0.4 is 10.6 Å². The fourth-order valence-electron chi connectivity index (χ4n) is 0.718. The highest BCUT2D eigenvalue weighted by atomic mass is 14.9. The molecule has 11 heavy (non-hydrogen) atoms. The molecular formula is C9H20N2. The molecule has 0 saturated carbocycles. The summed E-state index contributed by atoms with van der Waals surface area (Å²) in [7, 11) is 1.97. The van der Waals surface area contributed by atoms with Crippen LogP contribution in [0.3, 0.4) is 0 Å². The Balaban J connectivity index is 3.18. The first-order valence-corrected chi connectivity index (χ1v) is 4.25. The molecule has 0 aliphatic heterocycles. The minimum atomic E-state index is 0.546. The average Bonchev–Trinajstić information content (AvgIpc) is 1.97. The highest BCUT2D eigenvalue weighted by Crippen LogP contribution is 2.01. The maximum absolute atomic E-state index is 3.92. The molecular weight excluding hydrogens is 136 g/mol. The van der Waals surface area contributed by atoms with Crippen LogP contribution in [-0.2, 0) is 0 Å². The Morgan fingerprint density at radius 3 is 2.45 bits per heavy atom. The smallest absolute Gasteiger partial charge is 0.0155 e. The molecule has 0 bridgehead atoms. The second kappa shape index (κ2) is 6.23. The third kappa shape index (κ3) is 5.92. The molecule has 0 spiro atoms. The van der Waals surface area contributed by atoms with E-state index < -0.39 is 0 Å². The molecule has 0 unspecified atom stereocenters. The van der Waals surface area contributed by atoms with E-state index in [1.54, 1.807) is 0 Å². The van der Waals surface area contributed by atoms with E-state index >= 15 is 0 Å². The maximum Gasteiger partial charge on any atom is 0.0155 e. The van der Waals surface area contributed by atoms with Crippen molar-refractivity contribution >= 4 is 0 Å². The Kier molecular flexibility index (Phi) is 5.94.